The number of nitrogens with zero attached hydrogens (tertiary/aromatic N) is 2. The lowest BCUT2D eigenvalue weighted by atomic mass is 10.1. The molecule has 0 unspecified atom stereocenters. The highest BCUT2D eigenvalue weighted by atomic mass is 16.5. The molecule has 1 saturated heterocycles. The lowest BCUT2D eigenvalue weighted by Crippen LogP contribution is -2.49. The number of hydrogen-bond donors (Lipinski definition) is 0. The van der Waals surface area contributed by atoms with Crippen molar-refractivity contribution < 1.29 is 9.53 Å². The van der Waals surface area contributed by atoms with E-state index in [-0.39, 0.29) is 12.5 Å². The first kappa shape index (κ1) is 17.5. The van der Waals surface area contributed by atoms with Crippen molar-refractivity contribution >= 4 is 5.91 Å². The van der Waals surface area contributed by atoms with Crippen LogP contribution in [0.1, 0.15) is 16.7 Å². The maximum atomic E-state index is 12.4. The van der Waals surface area contributed by atoms with Crippen LogP contribution in [0.4, 0.5) is 0 Å². The largest absolute Gasteiger partial charge is 0.484 e. The zero-order valence-corrected chi connectivity index (χ0v) is 15.1. The van der Waals surface area contributed by atoms with E-state index >= 15 is 0 Å². The highest BCUT2D eigenvalue weighted by Crippen LogP contribution is 2.16. The molecule has 0 spiro atoms. The molecular formula is C21H26N2O2. The van der Waals surface area contributed by atoms with E-state index in [1.807, 2.05) is 36.1 Å². The SMILES string of the molecule is Cc1cccc(CN2CCN(C(=O)COc3ccccc3C)CC2)c1. The van der Waals surface area contributed by atoms with Crippen LogP contribution in [-0.4, -0.2) is 48.5 Å². The van der Waals surface area contributed by atoms with E-state index in [0.29, 0.717) is 0 Å². The summed E-state index contributed by atoms with van der Waals surface area (Å²) in [6.45, 7) is 8.52. The lowest BCUT2D eigenvalue weighted by molar-refractivity contribution is -0.135. The Morgan fingerprint density at radius 3 is 2.48 bits per heavy atom. The van der Waals surface area contributed by atoms with Crippen LogP contribution in [0, 0.1) is 13.8 Å². The monoisotopic (exact) mass is 338 g/mol. The summed E-state index contributed by atoms with van der Waals surface area (Å²) in [5.41, 5.74) is 3.68. The molecule has 1 aliphatic heterocycles. The van der Waals surface area contributed by atoms with Crippen LogP contribution < -0.4 is 4.74 Å². The van der Waals surface area contributed by atoms with E-state index in [0.717, 1.165) is 44.0 Å². The highest BCUT2D eigenvalue weighted by Gasteiger charge is 2.21. The van der Waals surface area contributed by atoms with E-state index in [4.69, 9.17) is 4.74 Å². The minimum atomic E-state index is 0.0680. The van der Waals surface area contributed by atoms with Crippen molar-refractivity contribution in [1.82, 2.24) is 9.80 Å². The van der Waals surface area contributed by atoms with Gasteiger partial charge >= 0.3 is 0 Å². The zero-order valence-electron chi connectivity index (χ0n) is 15.1. The summed E-state index contributed by atoms with van der Waals surface area (Å²) in [6.07, 6.45) is 0. The van der Waals surface area contributed by atoms with Crippen LogP contribution in [0.2, 0.25) is 0 Å². The van der Waals surface area contributed by atoms with Gasteiger partial charge in [-0.25, -0.2) is 0 Å². The van der Waals surface area contributed by atoms with Gasteiger partial charge in [0.25, 0.3) is 5.91 Å². The van der Waals surface area contributed by atoms with Gasteiger partial charge in [-0.1, -0.05) is 48.0 Å². The Morgan fingerprint density at radius 2 is 1.76 bits per heavy atom. The van der Waals surface area contributed by atoms with Gasteiger partial charge < -0.3 is 9.64 Å². The van der Waals surface area contributed by atoms with Crippen molar-refractivity contribution in [2.24, 2.45) is 0 Å². The molecular weight excluding hydrogens is 312 g/mol. The third-order valence-electron chi connectivity index (χ3n) is 4.66. The molecule has 0 radical (unpaired) electrons. The van der Waals surface area contributed by atoms with E-state index in [1.54, 1.807) is 0 Å². The Balaban J connectivity index is 1.45. The molecule has 0 saturated carbocycles. The third kappa shape index (κ3) is 4.83. The maximum absolute atomic E-state index is 12.4. The summed E-state index contributed by atoms with van der Waals surface area (Å²) in [5, 5.41) is 0. The van der Waals surface area contributed by atoms with Gasteiger partial charge in [0.1, 0.15) is 5.75 Å². The topological polar surface area (TPSA) is 32.8 Å². The van der Waals surface area contributed by atoms with Gasteiger partial charge in [0, 0.05) is 32.7 Å². The Labute approximate surface area is 150 Å². The van der Waals surface area contributed by atoms with E-state index in [2.05, 4.69) is 36.1 Å². The maximum Gasteiger partial charge on any atom is 0.260 e. The molecule has 132 valence electrons. The second-order valence-corrected chi connectivity index (χ2v) is 6.70. The van der Waals surface area contributed by atoms with Gasteiger partial charge in [0.2, 0.25) is 0 Å². The molecule has 1 aliphatic rings. The van der Waals surface area contributed by atoms with Crippen molar-refractivity contribution in [2.75, 3.05) is 32.8 Å². The molecule has 3 rings (SSSR count). The average Bonchev–Trinajstić information content (AvgIpc) is 2.61. The standard InChI is InChI=1S/C21H26N2O2/c1-17-6-5-8-19(14-17)15-22-10-12-23(13-11-22)21(24)16-25-20-9-4-3-7-18(20)2/h3-9,14H,10-13,15-16H2,1-2H3. The molecule has 1 fully saturated rings. The molecule has 0 aromatic heterocycles. The summed E-state index contributed by atoms with van der Waals surface area (Å²) in [6, 6.07) is 16.4. The van der Waals surface area contributed by atoms with Crippen LogP contribution in [0.25, 0.3) is 0 Å². The average molecular weight is 338 g/mol. The van der Waals surface area contributed by atoms with Gasteiger partial charge in [-0.3, -0.25) is 9.69 Å². The number of aryl methyl sites for hydroxylation is 2. The number of hydrogen-bond acceptors (Lipinski definition) is 3. The lowest BCUT2D eigenvalue weighted by Gasteiger charge is -2.34. The van der Waals surface area contributed by atoms with E-state index < -0.39 is 0 Å². The third-order valence-corrected chi connectivity index (χ3v) is 4.66. The fourth-order valence-electron chi connectivity index (χ4n) is 3.17. The van der Waals surface area contributed by atoms with Gasteiger partial charge in [-0.2, -0.15) is 0 Å². The first-order valence-electron chi connectivity index (χ1n) is 8.86. The van der Waals surface area contributed by atoms with Crippen LogP contribution in [0.5, 0.6) is 5.75 Å². The van der Waals surface area contributed by atoms with Crippen LogP contribution >= 0.6 is 0 Å². The van der Waals surface area contributed by atoms with Gasteiger partial charge in [0.15, 0.2) is 6.61 Å². The second kappa shape index (κ2) is 8.17. The number of ether oxygens (including phenoxy) is 1. The predicted molar refractivity (Wildman–Crippen MR) is 99.7 cm³/mol. The summed E-state index contributed by atoms with van der Waals surface area (Å²) >= 11 is 0. The smallest absolute Gasteiger partial charge is 0.260 e. The van der Waals surface area contributed by atoms with Crippen LogP contribution in [0.3, 0.4) is 0 Å². The molecule has 1 amide bonds. The van der Waals surface area contributed by atoms with Crippen molar-refractivity contribution in [3.8, 4) is 5.75 Å². The number of piperazine rings is 1. The Hall–Kier alpha value is -2.33. The molecule has 0 aliphatic carbocycles. The summed E-state index contributed by atoms with van der Waals surface area (Å²) in [5.74, 6) is 0.854. The van der Waals surface area contributed by atoms with Crippen molar-refractivity contribution in [3.63, 3.8) is 0 Å². The van der Waals surface area contributed by atoms with Crippen molar-refractivity contribution in [1.29, 1.82) is 0 Å². The second-order valence-electron chi connectivity index (χ2n) is 6.70. The molecule has 2 aromatic rings. The molecule has 0 N–H and O–H groups in total. The number of amides is 1. The van der Waals surface area contributed by atoms with Crippen LogP contribution in [-0.2, 0) is 11.3 Å². The predicted octanol–water partition coefficient (Wildman–Crippen LogP) is 3.03. The summed E-state index contributed by atoms with van der Waals surface area (Å²) in [7, 11) is 0. The van der Waals surface area contributed by atoms with Crippen LogP contribution in [0.15, 0.2) is 48.5 Å². The minimum absolute atomic E-state index is 0.0680. The fourth-order valence-corrected chi connectivity index (χ4v) is 3.17. The Bertz CT molecular complexity index is 721. The molecule has 25 heavy (non-hydrogen) atoms. The van der Waals surface area contributed by atoms with Gasteiger partial charge in [-0.05, 0) is 31.0 Å². The van der Waals surface area contributed by atoms with Crippen molar-refractivity contribution in [2.45, 2.75) is 20.4 Å². The molecule has 0 bridgehead atoms. The molecule has 4 nitrogen and oxygen atoms in total. The molecule has 4 heteroatoms. The highest BCUT2D eigenvalue weighted by molar-refractivity contribution is 5.78. The number of rotatable bonds is 5. The first-order valence-corrected chi connectivity index (χ1v) is 8.86. The van der Waals surface area contributed by atoms with Gasteiger partial charge in [-0.15, -0.1) is 0 Å². The quantitative estimate of drug-likeness (QED) is 0.840. The molecule has 2 aromatic carbocycles. The number of para-hydroxylation sites is 1. The molecule has 0 atom stereocenters. The van der Waals surface area contributed by atoms with Gasteiger partial charge in [0.05, 0.1) is 0 Å². The van der Waals surface area contributed by atoms with Crippen molar-refractivity contribution in [3.05, 3.63) is 65.2 Å². The first-order chi connectivity index (χ1) is 12.1. The minimum Gasteiger partial charge on any atom is -0.484 e. The normalized spacial score (nSPS) is 15.2. The number of carbonyl (C=O) groups excluding carboxylic acids is 1. The summed E-state index contributed by atoms with van der Waals surface area (Å²) in [4.78, 5) is 16.7. The molecule has 1 heterocycles. The Morgan fingerprint density at radius 1 is 1.00 bits per heavy atom. The summed E-state index contributed by atoms with van der Waals surface area (Å²) < 4.78 is 5.68. The zero-order chi connectivity index (χ0) is 17.6. The fraction of sp³-hybridized carbons (Fsp3) is 0.381. The van der Waals surface area contributed by atoms with E-state index in [9.17, 15) is 4.79 Å². The van der Waals surface area contributed by atoms with E-state index in [1.165, 1.54) is 11.1 Å². The number of benzene rings is 2. The number of carbonyl (C=O) groups is 1. The Kier molecular flexibility index (Phi) is 5.71.